The molecule has 2 aliphatic carbocycles. The summed E-state index contributed by atoms with van der Waals surface area (Å²) in [5, 5.41) is 24.3. The number of aromatic nitrogens is 2. The number of anilines is 2. The van der Waals surface area contributed by atoms with Crippen molar-refractivity contribution >= 4 is 58.3 Å². The average Bonchev–Trinajstić information content (AvgIpc) is 3.44. The lowest BCUT2D eigenvalue weighted by Crippen LogP contribution is -2.29. The highest BCUT2D eigenvalue weighted by atomic mass is 127. The number of alkyl halides is 1. The molecule has 0 radical (unpaired) electrons. The van der Waals surface area contributed by atoms with Crippen LogP contribution in [-0.4, -0.2) is 42.7 Å². The Morgan fingerprint density at radius 1 is 1.49 bits per heavy atom. The lowest BCUT2D eigenvalue weighted by molar-refractivity contribution is 0.0740. The highest BCUT2D eigenvalue weighted by Gasteiger charge is 2.50. The summed E-state index contributed by atoms with van der Waals surface area (Å²) in [6.07, 6.45) is 4.80. The zero-order valence-corrected chi connectivity index (χ0v) is 22.6. The zero-order valence-electron chi connectivity index (χ0n) is 19.6. The molecule has 4 N–H and O–H groups in total. The summed E-state index contributed by atoms with van der Waals surface area (Å²) in [7, 11) is 1.71. The molecule has 1 heterocycles. The zero-order chi connectivity index (χ0) is 25.5. The van der Waals surface area contributed by atoms with Gasteiger partial charge in [-0.25, -0.2) is 4.39 Å². The van der Waals surface area contributed by atoms with Crippen molar-refractivity contribution in [1.82, 2.24) is 14.8 Å². The Morgan fingerprint density at radius 2 is 2.14 bits per heavy atom. The van der Waals surface area contributed by atoms with Gasteiger partial charge in [-0.1, -0.05) is 34.2 Å². The molecule has 0 bridgehead atoms. The number of hydrazone groups is 1. The van der Waals surface area contributed by atoms with E-state index in [9.17, 15) is 14.3 Å². The molecular weight excluding hydrogens is 586 g/mol. The molecule has 8 nitrogen and oxygen atoms in total. The molecular formula is C24H29ClFIN6O2. The maximum atomic E-state index is 13.5. The van der Waals surface area contributed by atoms with E-state index in [1.165, 1.54) is 22.9 Å². The van der Waals surface area contributed by atoms with E-state index in [2.05, 4.69) is 44.8 Å². The first-order valence-electron chi connectivity index (χ1n) is 11.4. The number of rotatable bonds is 7. The van der Waals surface area contributed by atoms with Crippen LogP contribution < -0.4 is 11.1 Å². The van der Waals surface area contributed by atoms with E-state index in [0.717, 1.165) is 18.4 Å². The monoisotopic (exact) mass is 614 g/mol. The average molecular weight is 615 g/mol. The summed E-state index contributed by atoms with van der Waals surface area (Å²) in [4.78, 5) is 13.2. The Balaban J connectivity index is 1.51. The van der Waals surface area contributed by atoms with Crippen molar-refractivity contribution in [3.05, 3.63) is 52.1 Å². The predicted octanol–water partition coefficient (Wildman–Crippen LogP) is 4.90. The number of nitrogens with zero attached hydrogens (tertiary/aromatic N) is 4. The van der Waals surface area contributed by atoms with Crippen molar-refractivity contribution in [2.24, 2.45) is 24.0 Å². The van der Waals surface area contributed by atoms with Gasteiger partial charge in [0.2, 0.25) is 0 Å². The molecule has 0 spiro atoms. The number of nitrogen functional groups attached to an aromatic ring is 1. The molecule has 11 heteroatoms. The second kappa shape index (κ2) is 10.1. The van der Waals surface area contributed by atoms with Crippen LogP contribution in [0.25, 0.3) is 0 Å². The fourth-order valence-corrected chi connectivity index (χ4v) is 6.10. The number of carbonyl (C=O) groups is 1. The number of nitrogens with two attached hydrogens (primary N) is 1. The lowest BCUT2D eigenvalue weighted by atomic mass is 9.87. The van der Waals surface area contributed by atoms with Crippen LogP contribution >= 0.6 is 34.2 Å². The first kappa shape index (κ1) is 25.9. The number of hydrogen-bond donors (Lipinski definition) is 3. The number of fused-ring (bicyclic) bond motifs is 1. The van der Waals surface area contributed by atoms with Crippen LogP contribution in [0.2, 0.25) is 5.02 Å². The van der Waals surface area contributed by atoms with Gasteiger partial charge in [-0.3, -0.25) is 14.5 Å². The van der Waals surface area contributed by atoms with Crippen LogP contribution in [0, 0.1) is 17.7 Å². The Bertz CT molecular complexity index is 1170. The van der Waals surface area contributed by atoms with Gasteiger partial charge in [0.1, 0.15) is 17.2 Å². The molecule has 1 aromatic heterocycles. The first-order valence-corrected chi connectivity index (χ1v) is 13.3. The topological polar surface area (TPSA) is 109 Å². The third-order valence-corrected chi connectivity index (χ3v) is 8.32. The molecule has 35 heavy (non-hydrogen) atoms. The highest BCUT2D eigenvalue weighted by molar-refractivity contribution is 14.1. The summed E-state index contributed by atoms with van der Waals surface area (Å²) in [6, 6.07) is 4.01. The van der Waals surface area contributed by atoms with Gasteiger partial charge in [0.05, 0.1) is 20.9 Å². The normalized spacial score (nSPS) is 26.0. The number of aryl methyl sites for hydroxylation is 1. The van der Waals surface area contributed by atoms with Gasteiger partial charge in [-0.2, -0.15) is 10.2 Å². The van der Waals surface area contributed by atoms with E-state index in [1.807, 2.05) is 13.1 Å². The number of halogens is 3. The van der Waals surface area contributed by atoms with Crippen molar-refractivity contribution in [2.75, 3.05) is 15.6 Å². The number of nitrogens with one attached hydrogen (secondary N) is 1. The van der Waals surface area contributed by atoms with Crippen molar-refractivity contribution in [3.8, 4) is 0 Å². The molecule has 2 aliphatic rings. The molecule has 0 saturated heterocycles. The smallest absolute Gasteiger partial charge is 0.261 e. The summed E-state index contributed by atoms with van der Waals surface area (Å²) in [5.41, 5.74) is 7.61. The van der Waals surface area contributed by atoms with Gasteiger partial charge in [0.15, 0.2) is 0 Å². The second-order valence-electron chi connectivity index (χ2n) is 9.49. The first-order chi connectivity index (χ1) is 16.6. The van der Waals surface area contributed by atoms with Gasteiger partial charge >= 0.3 is 0 Å². The van der Waals surface area contributed by atoms with E-state index < -0.39 is 17.3 Å². The number of aliphatic hydroxyl groups is 1. The molecule has 2 saturated carbocycles. The van der Waals surface area contributed by atoms with Gasteiger partial charge < -0.3 is 16.2 Å². The fourth-order valence-electron chi connectivity index (χ4n) is 5.51. The molecule has 2 atom stereocenters. The van der Waals surface area contributed by atoms with Crippen molar-refractivity contribution < 1.29 is 14.3 Å². The highest BCUT2D eigenvalue weighted by Crippen LogP contribution is 2.55. The lowest BCUT2D eigenvalue weighted by Gasteiger charge is -2.27. The molecule has 2 aromatic rings. The van der Waals surface area contributed by atoms with Crippen LogP contribution in [0.3, 0.4) is 0 Å². The quantitative estimate of drug-likeness (QED) is 0.135. The number of hydrogen-bond acceptors (Lipinski definition) is 6. The summed E-state index contributed by atoms with van der Waals surface area (Å²) < 4.78 is 15.7. The van der Waals surface area contributed by atoms with Crippen LogP contribution in [0.15, 0.2) is 35.1 Å². The predicted molar refractivity (Wildman–Crippen MR) is 144 cm³/mol. The minimum Gasteiger partial charge on any atom is -0.385 e. The summed E-state index contributed by atoms with van der Waals surface area (Å²) in [6.45, 7) is 5.51. The van der Waals surface area contributed by atoms with Crippen LogP contribution in [0.5, 0.6) is 0 Å². The summed E-state index contributed by atoms with van der Waals surface area (Å²) >= 11 is 8.05. The molecule has 1 aromatic carbocycles. The molecule has 0 aliphatic heterocycles. The summed E-state index contributed by atoms with van der Waals surface area (Å²) in [5.74, 6) is -0.0105. The minimum absolute atomic E-state index is 0.0561. The molecule has 2 unspecified atom stereocenters. The van der Waals surface area contributed by atoms with Gasteiger partial charge in [-0.05, 0) is 68.2 Å². The van der Waals surface area contributed by atoms with Gasteiger partial charge in [-0.15, -0.1) is 0 Å². The molecule has 2 fully saturated rings. The maximum Gasteiger partial charge on any atom is 0.261 e. The SMILES string of the molecule is C=NN(/C=C(\C)C1(O)CC2CC(c3nn(C)c(N)c3C(=O)Nc3ccc(F)c(Cl)c3)CC2C1)CI. The van der Waals surface area contributed by atoms with E-state index in [-0.39, 0.29) is 16.8 Å². The largest absolute Gasteiger partial charge is 0.385 e. The van der Waals surface area contributed by atoms with Crippen LogP contribution in [0.1, 0.15) is 54.6 Å². The van der Waals surface area contributed by atoms with Crippen LogP contribution in [-0.2, 0) is 7.05 Å². The van der Waals surface area contributed by atoms with Crippen molar-refractivity contribution in [2.45, 2.75) is 44.1 Å². The Labute approximate surface area is 222 Å². The van der Waals surface area contributed by atoms with E-state index >= 15 is 0 Å². The Hall–Kier alpha value is -2.18. The number of amides is 1. The maximum absolute atomic E-state index is 13.5. The van der Waals surface area contributed by atoms with Crippen molar-refractivity contribution in [1.29, 1.82) is 0 Å². The van der Waals surface area contributed by atoms with E-state index in [0.29, 0.717) is 46.2 Å². The fraction of sp³-hybridized carbons (Fsp3) is 0.458. The third kappa shape index (κ3) is 5.05. The molecule has 188 valence electrons. The number of carbonyl (C=O) groups excluding carboxylic acids is 1. The third-order valence-electron chi connectivity index (χ3n) is 7.33. The van der Waals surface area contributed by atoms with Crippen LogP contribution in [0.4, 0.5) is 15.9 Å². The van der Waals surface area contributed by atoms with Crippen molar-refractivity contribution in [3.63, 3.8) is 0 Å². The Morgan fingerprint density at radius 3 is 2.71 bits per heavy atom. The second-order valence-corrected chi connectivity index (χ2v) is 10.6. The van der Waals surface area contributed by atoms with E-state index in [1.54, 1.807) is 12.1 Å². The molecule has 1 amide bonds. The minimum atomic E-state index is -0.875. The van der Waals surface area contributed by atoms with E-state index in [4.69, 9.17) is 17.3 Å². The van der Waals surface area contributed by atoms with Gasteiger partial charge in [0.25, 0.3) is 5.91 Å². The number of benzene rings is 1. The van der Waals surface area contributed by atoms with Gasteiger partial charge in [0, 0.05) is 31.6 Å². The Kier molecular flexibility index (Phi) is 7.44. The standard InChI is InChI=1S/C24H29ClFIN6O2/c1-13(11-33(12-27)29-2)24(35)9-15-6-14(7-16(15)10-24)21-20(22(28)32(3)31-21)23(34)30-17-4-5-19(26)18(25)8-17/h4-5,8,11,14-16,35H,2,6-7,9-10,12,28H2,1,3H3,(H,30,34)/b13-11+. The molecule has 4 rings (SSSR count).